The lowest BCUT2D eigenvalue weighted by Gasteiger charge is -2.27. The quantitative estimate of drug-likeness (QED) is 0.811. The molecule has 20 heavy (non-hydrogen) atoms. The maximum absolute atomic E-state index is 9.86. The third-order valence-corrected chi connectivity index (χ3v) is 3.32. The van der Waals surface area contributed by atoms with Crippen LogP contribution in [0.15, 0.2) is 18.2 Å². The molecule has 0 unspecified atom stereocenters. The molecule has 0 aliphatic rings. The predicted molar refractivity (Wildman–Crippen MR) is 87.6 cm³/mol. The van der Waals surface area contributed by atoms with Gasteiger partial charge >= 0.3 is 0 Å². The van der Waals surface area contributed by atoms with Crippen LogP contribution >= 0.6 is 11.6 Å². The van der Waals surface area contributed by atoms with Gasteiger partial charge in [-0.05, 0) is 44.0 Å². The van der Waals surface area contributed by atoms with E-state index in [2.05, 4.69) is 19.2 Å². The smallest absolute Gasteiger partial charge is 0.0765 e. The van der Waals surface area contributed by atoms with Crippen molar-refractivity contribution in [1.82, 2.24) is 5.32 Å². The molecule has 114 valence electrons. The molecule has 0 atom stereocenters. The number of anilines is 1. The molecular weight excluding hydrogens is 272 g/mol. The molecule has 4 heteroatoms. The lowest BCUT2D eigenvalue weighted by atomic mass is 10.1. The van der Waals surface area contributed by atoms with Crippen LogP contribution in [0.5, 0.6) is 0 Å². The molecule has 0 bridgehead atoms. The molecule has 0 heterocycles. The van der Waals surface area contributed by atoms with E-state index in [-0.39, 0.29) is 0 Å². The molecule has 1 aromatic carbocycles. The largest absolute Gasteiger partial charge is 0.389 e. The predicted octanol–water partition coefficient (Wildman–Crippen LogP) is 3.29. The minimum absolute atomic E-state index is 0.564. The van der Waals surface area contributed by atoms with Gasteiger partial charge < -0.3 is 15.3 Å². The number of halogens is 1. The van der Waals surface area contributed by atoms with Crippen LogP contribution < -0.4 is 10.2 Å². The van der Waals surface area contributed by atoms with Crippen LogP contribution in [-0.2, 0) is 6.54 Å². The number of hydrogen-bond donors (Lipinski definition) is 2. The van der Waals surface area contributed by atoms with Gasteiger partial charge in [0.25, 0.3) is 0 Å². The zero-order chi connectivity index (χ0) is 15.3. The molecular formula is C16H27ClN2O. The van der Waals surface area contributed by atoms with E-state index in [1.807, 2.05) is 30.1 Å². The first-order valence-electron chi connectivity index (χ1n) is 7.11. The number of aliphatic hydroxyl groups is 1. The number of rotatable bonds is 7. The van der Waals surface area contributed by atoms with Gasteiger partial charge in [-0.3, -0.25) is 0 Å². The summed E-state index contributed by atoms with van der Waals surface area (Å²) < 4.78 is 0. The Kier molecular flexibility index (Phi) is 6.31. The second kappa shape index (κ2) is 7.30. The Balaban J connectivity index is 2.67. The highest BCUT2D eigenvalue weighted by molar-refractivity contribution is 6.31. The molecule has 0 radical (unpaired) electrons. The van der Waals surface area contributed by atoms with Gasteiger partial charge in [0.05, 0.1) is 5.60 Å². The van der Waals surface area contributed by atoms with E-state index in [1.54, 1.807) is 13.8 Å². The van der Waals surface area contributed by atoms with Crippen molar-refractivity contribution in [3.8, 4) is 0 Å². The van der Waals surface area contributed by atoms with Crippen molar-refractivity contribution < 1.29 is 5.11 Å². The Bertz CT molecular complexity index is 427. The standard InChI is InChI=1S/C16H27ClN2O/c1-12(2)9-18-10-13-6-7-14(8-15(13)17)19(5)11-16(3,4)20/h6-8,12,18,20H,9-11H2,1-5H3. The van der Waals surface area contributed by atoms with Crippen molar-refractivity contribution in [2.24, 2.45) is 5.92 Å². The first kappa shape index (κ1) is 17.3. The number of nitrogens with one attached hydrogen (secondary N) is 1. The maximum Gasteiger partial charge on any atom is 0.0765 e. The lowest BCUT2D eigenvalue weighted by Crippen LogP contribution is -2.36. The maximum atomic E-state index is 9.86. The fourth-order valence-corrected chi connectivity index (χ4v) is 2.33. The van der Waals surface area contributed by atoms with Crippen molar-refractivity contribution in [2.45, 2.75) is 39.8 Å². The SMILES string of the molecule is CC(C)CNCc1ccc(N(C)CC(C)(C)O)cc1Cl. The third kappa shape index (κ3) is 6.12. The molecule has 2 N–H and O–H groups in total. The first-order valence-corrected chi connectivity index (χ1v) is 7.49. The molecule has 0 saturated carbocycles. The minimum Gasteiger partial charge on any atom is -0.389 e. The Morgan fingerprint density at radius 3 is 2.50 bits per heavy atom. The molecule has 1 aromatic rings. The molecule has 0 aliphatic carbocycles. The van der Waals surface area contributed by atoms with Gasteiger partial charge in [0, 0.05) is 30.8 Å². The summed E-state index contributed by atoms with van der Waals surface area (Å²) in [6.45, 7) is 10.3. The molecule has 0 spiro atoms. The van der Waals surface area contributed by atoms with Crippen LogP contribution in [0.4, 0.5) is 5.69 Å². The summed E-state index contributed by atoms with van der Waals surface area (Å²) in [7, 11) is 1.96. The minimum atomic E-state index is -0.723. The van der Waals surface area contributed by atoms with Gasteiger partial charge in [-0.25, -0.2) is 0 Å². The highest BCUT2D eigenvalue weighted by Crippen LogP contribution is 2.24. The molecule has 0 aliphatic heterocycles. The fourth-order valence-electron chi connectivity index (χ4n) is 2.08. The normalized spacial score (nSPS) is 12.0. The van der Waals surface area contributed by atoms with Gasteiger partial charge in [-0.2, -0.15) is 0 Å². The van der Waals surface area contributed by atoms with E-state index in [4.69, 9.17) is 11.6 Å². The van der Waals surface area contributed by atoms with Crippen LogP contribution in [-0.4, -0.2) is 30.8 Å². The van der Waals surface area contributed by atoms with E-state index >= 15 is 0 Å². The summed E-state index contributed by atoms with van der Waals surface area (Å²) in [5, 5.41) is 14.0. The number of hydrogen-bond acceptors (Lipinski definition) is 3. The second-order valence-corrected chi connectivity index (χ2v) is 6.88. The van der Waals surface area contributed by atoms with Gasteiger partial charge in [0.1, 0.15) is 0 Å². The Morgan fingerprint density at radius 2 is 2.00 bits per heavy atom. The molecule has 0 fully saturated rings. The van der Waals surface area contributed by atoms with Gasteiger partial charge in [-0.15, -0.1) is 0 Å². The van der Waals surface area contributed by atoms with Gasteiger partial charge in [0.2, 0.25) is 0 Å². The molecule has 1 rings (SSSR count). The summed E-state index contributed by atoms with van der Waals surface area (Å²) in [5.41, 5.74) is 1.40. The van der Waals surface area contributed by atoms with E-state index in [1.165, 1.54) is 0 Å². The first-order chi connectivity index (χ1) is 9.19. The summed E-state index contributed by atoms with van der Waals surface area (Å²) in [4.78, 5) is 2.01. The topological polar surface area (TPSA) is 35.5 Å². The monoisotopic (exact) mass is 298 g/mol. The summed E-state index contributed by atoms with van der Waals surface area (Å²) >= 11 is 6.33. The van der Waals surface area contributed by atoms with E-state index < -0.39 is 5.60 Å². The Labute approximate surface area is 127 Å². The summed E-state index contributed by atoms with van der Waals surface area (Å²) in [6, 6.07) is 6.05. The van der Waals surface area contributed by atoms with Crippen molar-refractivity contribution in [3.63, 3.8) is 0 Å². The summed E-state index contributed by atoms with van der Waals surface area (Å²) in [5.74, 6) is 0.631. The van der Waals surface area contributed by atoms with Crippen molar-refractivity contribution in [1.29, 1.82) is 0 Å². The van der Waals surface area contributed by atoms with E-state index in [0.717, 1.165) is 29.4 Å². The zero-order valence-electron chi connectivity index (χ0n) is 13.2. The van der Waals surface area contributed by atoms with Crippen LogP contribution in [0, 0.1) is 5.92 Å². The van der Waals surface area contributed by atoms with Gasteiger partial charge in [0.15, 0.2) is 0 Å². The average molecular weight is 299 g/mol. The molecule has 3 nitrogen and oxygen atoms in total. The number of benzene rings is 1. The highest BCUT2D eigenvalue weighted by Gasteiger charge is 2.16. The fraction of sp³-hybridized carbons (Fsp3) is 0.625. The molecule has 0 saturated heterocycles. The highest BCUT2D eigenvalue weighted by atomic mass is 35.5. The third-order valence-electron chi connectivity index (χ3n) is 2.97. The Morgan fingerprint density at radius 1 is 1.35 bits per heavy atom. The second-order valence-electron chi connectivity index (χ2n) is 6.47. The number of likely N-dealkylation sites (N-methyl/N-ethyl adjacent to an activating group) is 1. The Hall–Kier alpha value is -0.770. The van der Waals surface area contributed by atoms with E-state index in [9.17, 15) is 5.11 Å². The average Bonchev–Trinajstić information content (AvgIpc) is 2.28. The van der Waals surface area contributed by atoms with Crippen molar-refractivity contribution >= 4 is 17.3 Å². The summed E-state index contributed by atoms with van der Waals surface area (Å²) in [6.07, 6.45) is 0. The van der Waals surface area contributed by atoms with Crippen molar-refractivity contribution in [2.75, 3.05) is 25.0 Å². The molecule has 0 aromatic heterocycles. The van der Waals surface area contributed by atoms with Crippen molar-refractivity contribution in [3.05, 3.63) is 28.8 Å². The molecule has 0 amide bonds. The number of nitrogens with zero attached hydrogens (tertiary/aromatic N) is 1. The lowest BCUT2D eigenvalue weighted by molar-refractivity contribution is 0.0886. The zero-order valence-corrected chi connectivity index (χ0v) is 14.0. The van der Waals surface area contributed by atoms with Crippen LogP contribution in [0.1, 0.15) is 33.3 Å². The van der Waals surface area contributed by atoms with Crippen LogP contribution in [0.25, 0.3) is 0 Å². The van der Waals surface area contributed by atoms with E-state index in [0.29, 0.717) is 12.5 Å². The van der Waals surface area contributed by atoms with Gasteiger partial charge in [-0.1, -0.05) is 31.5 Å². The van der Waals surface area contributed by atoms with Crippen LogP contribution in [0.2, 0.25) is 5.02 Å². The van der Waals surface area contributed by atoms with Crippen LogP contribution in [0.3, 0.4) is 0 Å².